The summed E-state index contributed by atoms with van der Waals surface area (Å²) in [4.78, 5) is 17.6. The first kappa shape index (κ1) is 11.1. The van der Waals surface area contributed by atoms with Crippen LogP contribution in [0.25, 0.3) is 0 Å². The second kappa shape index (κ2) is 5.10. The number of likely N-dealkylation sites (tertiary alicyclic amines) is 1. The summed E-state index contributed by atoms with van der Waals surface area (Å²) < 4.78 is 0. The molecule has 1 aliphatic heterocycles. The monoisotopic (exact) mass is 218 g/mol. The molecule has 3 heteroatoms. The van der Waals surface area contributed by atoms with Crippen LogP contribution in [0.1, 0.15) is 30.5 Å². The molecule has 1 aromatic heterocycles. The summed E-state index contributed by atoms with van der Waals surface area (Å²) in [7, 11) is 0. The van der Waals surface area contributed by atoms with Crippen molar-refractivity contribution in [3.05, 3.63) is 29.6 Å². The standard InChI is InChI=1S/C13H18N2O/c1-11-6-7-12(10-14-11)4-2-8-15-9-3-5-13(15)16/h6-7,10H,2-5,8-9H2,1H3. The van der Waals surface area contributed by atoms with Gasteiger partial charge in [0.1, 0.15) is 0 Å². The van der Waals surface area contributed by atoms with Crippen molar-refractivity contribution >= 4 is 5.91 Å². The van der Waals surface area contributed by atoms with Crippen LogP contribution in [-0.2, 0) is 11.2 Å². The third-order valence-corrected chi connectivity index (χ3v) is 3.04. The summed E-state index contributed by atoms with van der Waals surface area (Å²) in [5.74, 6) is 0.321. The number of hydrogen-bond donors (Lipinski definition) is 0. The maximum atomic E-state index is 11.4. The number of hydrogen-bond acceptors (Lipinski definition) is 2. The Bertz CT molecular complexity index is 359. The summed E-state index contributed by atoms with van der Waals surface area (Å²) in [6.45, 7) is 3.84. The van der Waals surface area contributed by atoms with Gasteiger partial charge in [-0.2, -0.15) is 0 Å². The molecule has 3 nitrogen and oxygen atoms in total. The molecule has 86 valence electrons. The van der Waals surface area contributed by atoms with E-state index in [1.165, 1.54) is 5.56 Å². The molecular formula is C13H18N2O. The molecule has 2 rings (SSSR count). The predicted octanol–water partition coefficient (Wildman–Crippen LogP) is 1.95. The Morgan fingerprint density at radius 2 is 2.31 bits per heavy atom. The van der Waals surface area contributed by atoms with E-state index < -0.39 is 0 Å². The molecule has 1 saturated heterocycles. The van der Waals surface area contributed by atoms with Gasteiger partial charge in [-0.25, -0.2) is 0 Å². The van der Waals surface area contributed by atoms with Gasteiger partial charge in [-0.15, -0.1) is 0 Å². The molecule has 1 aromatic rings. The minimum atomic E-state index is 0.321. The van der Waals surface area contributed by atoms with Gasteiger partial charge in [0.2, 0.25) is 5.91 Å². The molecule has 0 saturated carbocycles. The van der Waals surface area contributed by atoms with Crippen LogP contribution >= 0.6 is 0 Å². The van der Waals surface area contributed by atoms with E-state index in [1.54, 1.807) is 0 Å². The Morgan fingerprint density at radius 3 is 2.94 bits per heavy atom. The zero-order valence-electron chi connectivity index (χ0n) is 9.78. The Labute approximate surface area is 96.5 Å². The minimum Gasteiger partial charge on any atom is -0.343 e. The van der Waals surface area contributed by atoms with Gasteiger partial charge in [0.25, 0.3) is 0 Å². The van der Waals surface area contributed by atoms with Crippen LogP contribution in [0.4, 0.5) is 0 Å². The lowest BCUT2D eigenvalue weighted by Crippen LogP contribution is -2.25. The van der Waals surface area contributed by atoms with E-state index >= 15 is 0 Å². The fraction of sp³-hybridized carbons (Fsp3) is 0.538. The SMILES string of the molecule is Cc1ccc(CCCN2CCCC2=O)cn1. The van der Waals surface area contributed by atoms with Crippen molar-refractivity contribution in [2.24, 2.45) is 0 Å². The van der Waals surface area contributed by atoms with Gasteiger partial charge < -0.3 is 4.90 Å². The highest BCUT2D eigenvalue weighted by Gasteiger charge is 2.18. The van der Waals surface area contributed by atoms with E-state index in [1.807, 2.05) is 24.1 Å². The van der Waals surface area contributed by atoms with Gasteiger partial charge in [-0.3, -0.25) is 9.78 Å². The number of pyridine rings is 1. The molecule has 0 aliphatic carbocycles. The van der Waals surface area contributed by atoms with Crippen LogP contribution < -0.4 is 0 Å². The van der Waals surface area contributed by atoms with Crippen LogP contribution in [0.5, 0.6) is 0 Å². The Kier molecular flexibility index (Phi) is 3.54. The number of carbonyl (C=O) groups excluding carboxylic acids is 1. The van der Waals surface area contributed by atoms with Gasteiger partial charge >= 0.3 is 0 Å². The van der Waals surface area contributed by atoms with E-state index in [0.717, 1.165) is 44.5 Å². The molecule has 0 spiro atoms. The summed E-state index contributed by atoms with van der Waals surface area (Å²) in [6.07, 6.45) is 5.76. The highest BCUT2D eigenvalue weighted by atomic mass is 16.2. The first-order chi connectivity index (χ1) is 7.75. The number of rotatable bonds is 4. The number of aromatic nitrogens is 1. The van der Waals surface area contributed by atoms with Crippen molar-refractivity contribution in [3.8, 4) is 0 Å². The van der Waals surface area contributed by atoms with Crippen molar-refractivity contribution in [2.45, 2.75) is 32.6 Å². The van der Waals surface area contributed by atoms with Crippen LogP contribution in [0, 0.1) is 6.92 Å². The molecule has 0 radical (unpaired) electrons. The molecule has 1 aliphatic rings. The van der Waals surface area contributed by atoms with Gasteiger partial charge in [0.15, 0.2) is 0 Å². The van der Waals surface area contributed by atoms with Crippen LogP contribution in [0.15, 0.2) is 18.3 Å². The average Bonchev–Trinajstić information content (AvgIpc) is 2.68. The van der Waals surface area contributed by atoms with Gasteiger partial charge in [-0.05, 0) is 37.8 Å². The lowest BCUT2D eigenvalue weighted by atomic mass is 10.1. The first-order valence-corrected chi connectivity index (χ1v) is 5.95. The molecule has 2 heterocycles. The number of aryl methyl sites for hydroxylation is 2. The van der Waals surface area contributed by atoms with Crippen LogP contribution in [-0.4, -0.2) is 28.9 Å². The molecule has 0 aromatic carbocycles. The van der Waals surface area contributed by atoms with Crippen molar-refractivity contribution in [3.63, 3.8) is 0 Å². The molecule has 0 bridgehead atoms. The van der Waals surface area contributed by atoms with E-state index in [0.29, 0.717) is 5.91 Å². The molecule has 16 heavy (non-hydrogen) atoms. The summed E-state index contributed by atoms with van der Waals surface area (Å²) in [5.41, 5.74) is 2.32. The second-order valence-electron chi connectivity index (χ2n) is 4.40. The highest BCUT2D eigenvalue weighted by Crippen LogP contribution is 2.11. The van der Waals surface area contributed by atoms with E-state index in [9.17, 15) is 4.79 Å². The largest absolute Gasteiger partial charge is 0.343 e. The maximum Gasteiger partial charge on any atom is 0.222 e. The Hall–Kier alpha value is -1.38. The van der Waals surface area contributed by atoms with Gasteiger partial charge in [0, 0.05) is 31.4 Å². The predicted molar refractivity (Wildman–Crippen MR) is 63.1 cm³/mol. The topological polar surface area (TPSA) is 33.2 Å². The lowest BCUT2D eigenvalue weighted by Gasteiger charge is -2.14. The average molecular weight is 218 g/mol. The van der Waals surface area contributed by atoms with Crippen LogP contribution in [0.3, 0.4) is 0 Å². The zero-order chi connectivity index (χ0) is 11.4. The fourth-order valence-electron chi connectivity index (χ4n) is 2.06. The number of amides is 1. The third kappa shape index (κ3) is 2.81. The van der Waals surface area contributed by atoms with Crippen LogP contribution in [0.2, 0.25) is 0 Å². The highest BCUT2D eigenvalue weighted by molar-refractivity contribution is 5.77. The number of nitrogens with zero attached hydrogens (tertiary/aromatic N) is 2. The molecule has 0 unspecified atom stereocenters. The Morgan fingerprint density at radius 1 is 1.44 bits per heavy atom. The summed E-state index contributed by atoms with van der Waals surface area (Å²) in [5, 5.41) is 0. The van der Waals surface area contributed by atoms with E-state index in [4.69, 9.17) is 0 Å². The summed E-state index contributed by atoms with van der Waals surface area (Å²) in [6, 6.07) is 4.16. The molecule has 0 atom stereocenters. The normalized spacial score (nSPS) is 15.8. The zero-order valence-corrected chi connectivity index (χ0v) is 9.78. The third-order valence-electron chi connectivity index (χ3n) is 3.04. The van der Waals surface area contributed by atoms with Crippen molar-refractivity contribution in [1.82, 2.24) is 9.88 Å². The van der Waals surface area contributed by atoms with E-state index in [-0.39, 0.29) is 0 Å². The molecule has 1 amide bonds. The fourth-order valence-corrected chi connectivity index (χ4v) is 2.06. The first-order valence-electron chi connectivity index (χ1n) is 5.95. The second-order valence-corrected chi connectivity index (χ2v) is 4.40. The quantitative estimate of drug-likeness (QED) is 0.774. The molecule has 0 N–H and O–H groups in total. The van der Waals surface area contributed by atoms with Gasteiger partial charge in [-0.1, -0.05) is 6.07 Å². The van der Waals surface area contributed by atoms with Gasteiger partial charge in [0.05, 0.1) is 0 Å². The number of carbonyl (C=O) groups is 1. The minimum absolute atomic E-state index is 0.321. The maximum absolute atomic E-state index is 11.4. The van der Waals surface area contributed by atoms with Crippen molar-refractivity contribution < 1.29 is 4.79 Å². The Balaban J connectivity index is 1.75. The van der Waals surface area contributed by atoms with Crippen molar-refractivity contribution in [2.75, 3.05) is 13.1 Å². The molecular weight excluding hydrogens is 200 g/mol. The summed E-state index contributed by atoms with van der Waals surface area (Å²) >= 11 is 0. The smallest absolute Gasteiger partial charge is 0.222 e. The van der Waals surface area contributed by atoms with Crippen molar-refractivity contribution in [1.29, 1.82) is 0 Å². The lowest BCUT2D eigenvalue weighted by molar-refractivity contribution is -0.127. The van der Waals surface area contributed by atoms with E-state index in [2.05, 4.69) is 11.1 Å². The molecule has 1 fully saturated rings.